The Morgan fingerprint density at radius 3 is 2.59 bits per heavy atom. The fourth-order valence-corrected chi connectivity index (χ4v) is 1.83. The number of ether oxygens (including phenoxy) is 2. The zero-order chi connectivity index (χ0) is 12.0. The maximum atomic E-state index is 12.0. The topological polar surface area (TPSA) is 57.5 Å². The van der Waals surface area contributed by atoms with Gasteiger partial charge in [-0.25, -0.2) is 0 Å². The zero-order valence-electron chi connectivity index (χ0n) is 9.10. The van der Waals surface area contributed by atoms with Crippen LogP contribution < -0.4 is 20.6 Å². The predicted octanol–water partition coefficient (Wildman–Crippen LogP) is 0.627. The van der Waals surface area contributed by atoms with Crippen molar-refractivity contribution in [3.63, 3.8) is 0 Å². The van der Waals surface area contributed by atoms with Crippen LogP contribution in [0.2, 0.25) is 0 Å². The number of hydrogen-bond acceptors (Lipinski definition) is 4. The average Bonchev–Trinajstić information content (AvgIpc) is 2.76. The molecular weight excluding hydrogens is 222 g/mol. The summed E-state index contributed by atoms with van der Waals surface area (Å²) in [5.74, 6) is 1.13. The van der Waals surface area contributed by atoms with Gasteiger partial charge in [0.05, 0.1) is 5.39 Å². The van der Waals surface area contributed by atoms with E-state index in [9.17, 15) is 9.59 Å². The van der Waals surface area contributed by atoms with Gasteiger partial charge in [0.2, 0.25) is 6.79 Å². The first kappa shape index (κ1) is 9.89. The van der Waals surface area contributed by atoms with Crippen molar-refractivity contribution in [2.45, 2.75) is 0 Å². The summed E-state index contributed by atoms with van der Waals surface area (Å²) in [6, 6.07) is 6.30. The molecule has 0 bridgehead atoms. The first-order chi connectivity index (χ1) is 8.16. The van der Waals surface area contributed by atoms with E-state index in [0.717, 1.165) is 4.57 Å². The number of benzene rings is 1. The summed E-state index contributed by atoms with van der Waals surface area (Å²) >= 11 is 0. The smallest absolute Gasteiger partial charge is 0.261 e. The van der Waals surface area contributed by atoms with Gasteiger partial charge in [0.25, 0.3) is 11.1 Å². The van der Waals surface area contributed by atoms with E-state index in [1.54, 1.807) is 18.2 Å². The molecule has 0 N–H and O–H groups in total. The lowest BCUT2D eigenvalue weighted by atomic mass is 10.2. The second-order valence-electron chi connectivity index (χ2n) is 3.83. The molecule has 0 atom stereocenters. The second kappa shape index (κ2) is 3.35. The third-order valence-corrected chi connectivity index (χ3v) is 2.82. The molecular formula is C12H9NO4. The molecule has 0 aliphatic carbocycles. The van der Waals surface area contributed by atoms with Gasteiger partial charge in [-0.05, 0) is 23.6 Å². The maximum Gasteiger partial charge on any atom is 0.261 e. The van der Waals surface area contributed by atoms with E-state index < -0.39 is 0 Å². The van der Waals surface area contributed by atoms with E-state index >= 15 is 0 Å². The van der Waals surface area contributed by atoms with Crippen molar-refractivity contribution in [2.75, 3.05) is 6.79 Å². The summed E-state index contributed by atoms with van der Waals surface area (Å²) in [5.41, 5.74) is -0.679. The highest BCUT2D eigenvalue weighted by Crippen LogP contribution is 2.34. The third-order valence-electron chi connectivity index (χ3n) is 2.82. The minimum atomic E-state index is -0.340. The van der Waals surface area contributed by atoms with Gasteiger partial charge in [-0.15, -0.1) is 0 Å². The SMILES string of the molecule is Cn1c(=O)ccc2cc3c(cc2c1=O)OCO3. The summed E-state index contributed by atoms with van der Waals surface area (Å²) in [4.78, 5) is 23.5. The fraction of sp³-hybridized carbons (Fsp3) is 0.167. The fourth-order valence-electron chi connectivity index (χ4n) is 1.83. The predicted molar refractivity (Wildman–Crippen MR) is 61.6 cm³/mol. The summed E-state index contributed by atoms with van der Waals surface area (Å²) < 4.78 is 11.5. The van der Waals surface area contributed by atoms with Gasteiger partial charge in [-0.1, -0.05) is 0 Å². The Morgan fingerprint density at radius 1 is 1.12 bits per heavy atom. The molecule has 2 heterocycles. The molecule has 0 unspecified atom stereocenters. The van der Waals surface area contributed by atoms with Crippen molar-refractivity contribution in [1.82, 2.24) is 4.57 Å². The van der Waals surface area contributed by atoms with Crippen LogP contribution in [-0.4, -0.2) is 11.4 Å². The van der Waals surface area contributed by atoms with Crippen LogP contribution in [0, 0.1) is 0 Å². The molecule has 17 heavy (non-hydrogen) atoms. The number of rotatable bonds is 0. The Balaban J connectivity index is 2.53. The minimum absolute atomic E-state index is 0.158. The first-order valence-electron chi connectivity index (χ1n) is 5.10. The number of nitrogens with zero attached hydrogens (tertiary/aromatic N) is 1. The van der Waals surface area contributed by atoms with Gasteiger partial charge in [-0.2, -0.15) is 0 Å². The van der Waals surface area contributed by atoms with Crippen LogP contribution >= 0.6 is 0 Å². The summed E-state index contributed by atoms with van der Waals surface area (Å²) in [7, 11) is 1.45. The van der Waals surface area contributed by atoms with Gasteiger partial charge in [-0.3, -0.25) is 14.2 Å². The Hall–Kier alpha value is -2.30. The lowest BCUT2D eigenvalue weighted by molar-refractivity contribution is 0.174. The van der Waals surface area contributed by atoms with Crippen LogP contribution in [0.1, 0.15) is 0 Å². The van der Waals surface area contributed by atoms with E-state index in [0.29, 0.717) is 22.3 Å². The summed E-state index contributed by atoms with van der Waals surface area (Å²) in [6.45, 7) is 0.158. The van der Waals surface area contributed by atoms with Crippen LogP contribution in [0.5, 0.6) is 11.5 Å². The van der Waals surface area contributed by atoms with E-state index in [1.807, 2.05) is 0 Å². The highest BCUT2D eigenvalue weighted by molar-refractivity contribution is 5.85. The molecule has 0 saturated heterocycles. The van der Waals surface area contributed by atoms with Crippen molar-refractivity contribution in [3.05, 3.63) is 45.0 Å². The van der Waals surface area contributed by atoms with Crippen LogP contribution in [-0.2, 0) is 7.05 Å². The Kier molecular flexibility index (Phi) is 1.95. The first-order valence-corrected chi connectivity index (χ1v) is 5.10. The summed E-state index contributed by atoms with van der Waals surface area (Å²) in [5, 5.41) is 1.11. The highest BCUT2D eigenvalue weighted by atomic mass is 16.7. The third kappa shape index (κ3) is 1.39. The van der Waals surface area contributed by atoms with Gasteiger partial charge < -0.3 is 9.47 Å². The number of fused-ring (bicyclic) bond motifs is 2. The number of hydrogen-bond donors (Lipinski definition) is 0. The molecule has 1 aliphatic heterocycles. The van der Waals surface area contributed by atoms with Crippen molar-refractivity contribution >= 4 is 10.8 Å². The standard InChI is InChI=1S/C12H9NO4/c1-13-11(14)3-2-7-4-9-10(17-6-16-9)5-8(7)12(13)15/h2-5H,6H2,1H3. The molecule has 0 saturated carbocycles. The molecule has 1 aliphatic rings. The average molecular weight is 231 g/mol. The van der Waals surface area contributed by atoms with Crippen molar-refractivity contribution in [2.24, 2.45) is 7.05 Å². The monoisotopic (exact) mass is 231 g/mol. The van der Waals surface area contributed by atoms with Crippen molar-refractivity contribution in [3.8, 4) is 11.5 Å². The highest BCUT2D eigenvalue weighted by Gasteiger charge is 2.15. The molecule has 1 aromatic carbocycles. The molecule has 1 aromatic heterocycles. The molecule has 86 valence electrons. The largest absolute Gasteiger partial charge is 0.454 e. The van der Waals surface area contributed by atoms with Crippen molar-refractivity contribution < 1.29 is 9.47 Å². The molecule has 0 amide bonds. The normalized spacial score (nSPS) is 13.0. The van der Waals surface area contributed by atoms with Crippen molar-refractivity contribution in [1.29, 1.82) is 0 Å². The molecule has 5 heteroatoms. The van der Waals surface area contributed by atoms with E-state index in [-0.39, 0.29) is 17.9 Å². The molecule has 5 nitrogen and oxygen atoms in total. The van der Waals surface area contributed by atoms with E-state index in [1.165, 1.54) is 13.1 Å². The number of aromatic nitrogens is 1. The Labute approximate surface area is 95.8 Å². The van der Waals surface area contributed by atoms with Crippen LogP contribution in [0.25, 0.3) is 10.8 Å². The van der Waals surface area contributed by atoms with Gasteiger partial charge in [0, 0.05) is 13.1 Å². The van der Waals surface area contributed by atoms with Crippen LogP contribution in [0.3, 0.4) is 0 Å². The van der Waals surface area contributed by atoms with Gasteiger partial charge in [0.1, 0.15) is 0 Å². The molecule has 0 radical (unpaired) electrons. The molecule has 0 spiro atoms. The maximum absolute atomic E-state index is 12.0. The van der Waals surface area contributed by atoms with E-state index in [4.69, 9.17) is 9.47 Å². The molecule has 2 aromatic rings. The lowest BCUT2D eigenvalue weighted by Gasteiger charge is -1.97. The van der Waals surface area contributed by atoms with Crippen LogP contribution in [0.4, 0.5) is 0 Å². The van der Waals surface area contributed by atoms with E-state index in [2.05, 4.69) is 0 Å². The molecule has 3 rings (SSSR count). The molecule has 0 fully saturated rings. The van der Waals surface area contributed by atoms with Gasteiger partial charge in [0.15, 0.2) is 11.5 Å². The minimum Gasteiger partial charge on any atom is -0.454 e. The Bertz CT molecular complexity index is 733. The quantitative estimate of drug-likeness (QED) is 0.667. The van der Waals surface area contributed by atoms with Gasteiger partial charge >= 0.3 is 0 Å². The Morgan fingerprint density at radius 2 is 1.82 bits per heavy atom. The lowest BCUT2D eigenvalue weighted by Crippen LogP contribution is -2.26. The zero-order valence-corrected chi connectivity index (χ0v) is 9.10. The van der Waals surface area contributed by atoms with Crippen LogP contribution in [0.15, 0.2) is 33.9 Å². The summed E-state index contributed by atoms with van der Waals surface area (Å²) in [6.07, 6.45) is 0. The second-order valence-corrected chi connectivity index (χ2v) is 3.83.